The van der Waals surface area contributed by atoms with Gasteiger partial charge >= 0.3 is 12.0 Å². The molecule has 0 radical (unpaired) electrons. The lowest BCUT2D eigenvalue weighted by Gasteiger charge is -2.18. The van der Waals surface area contributed by atoms with E-state index in [1.165, 1.54) is 0 Å². The minimum atomic E-state index is -0.919. The van der Waals surface area contributed by atoms with Gasteiger partial charge in [-0.3, -0.25) is 4.79 Å². The molecule has 16 heavy (non-hydrogen) atoms. The van der Waals surface area contributed by atoms with Crippen LogP contribution in [0.1, 0.15) is 26.7 Å². The molecule has 0 aliphatic carbocycles. The smallest absolute Gasteiger partial charge is 0.315 e. The summed E-state index contributed by atoms with van der Waals surface area (Å²) in [6.07, 6.45) is 0.515. The maximum atomic E-state index is 11.4. The van der Waals surface area contributed by atoms with Gasteiger partial charge in [-0.25, -0.2) is 4.79 Å². The number of aliphatic carboxylic acids is 1. The molecule has 0 aliphatic rings. The summed E-state index contributed by atoms with van der Waals surface area (Å²) in [6, 6.07) is -0.808. The monoisotopic (exact) mass is 232 g/mol. The van der Waals surface area contributed by atoms with Gasteiger partial charge in [-0.15, -0.1) is 0 Å². The minimum absolute atomic E-state index is 0.0669. The van der Waals surface area contributed by atoms with E-state index in [4.69, 9.17) is 9.84 Å². The fourth-order valence-electron chi connectivity index (χ4n) is 1.25. The second-order valence-electron chi connectivity index (χ2n) is 3.68. The predicted molar refractivity (Wildman–Crippen MR) is 59.3 cm³/mol. The third-order valence-corrected chi connectivity index (χ3v) is 2.04. The van der Waals surface area contributed by atoms with Gasteiger partial charge in [0.25, 0.3) is 0 Å². The molecular weight excluding hydrogens is 212 g/mol. The largest absolute Gasteiger partial charge is 0.481 e. The van der Waals surface area contributed by atoms with Crippen LogP contribution in [-0.2, 0) is 9.53 Å². The molecule has 2 unspecified atom stereocenters. The van der Waals surface area contributed by atoms with E-state index in [0.29, 0.717) is 13.0 Å². The minimum Gasteiger partial charge on any atom is -0.481 e. The molecule has 94 valence electrons. The first kappa shape index (κ1) is 14.7. The van der Waals surface area contributed by atoms with Gasteiger partial charge in [-0.2, -0.15) is 0 Å². The lowest BCUT2D eigenvalue weighted by atomic mass is 10.1. The van der Waals surface area contributed by atoms with E-state index < -0.39 is 5.97 Å². The molecule has 0 aromatic heterocycles. The Morgan fingerprint density at radius 1 is 1.38 bits per heavy atom. The van der Waals surface area contributed by atoms with Crippen LogP contribution in [0.25, 0.3) is 0 Å². The van der Waals surface area contributed by atoms with Crippen molar-refractivity contribution < 1.29 is 19.4 Å². The molecule has 6 nitrogen and oxygen atoms in total. The van der Waals surface area contributed by atoms with Crippen LogP contribution in [0.15, 0.2) is 0 Å². The highest BCUT2D eigenvalue weighted by Crippen LogP contribution is 1.97. The molecule has 0 spiro atoms. The van der Waals surface area contributed by atoms with E-state index in [1.807, 2.05) is 6.92 Å². The van der Waals surface area contributed by atoms with Crippen molar-refractivity contribution in [3.63, 3.8) is 0 Å². The molecule has 3 N–H and O–H groups in total. The number of hydrogen-bond acceptors (Lipinski definition) is 3. The molecule has 2 amide bonds. The van der Waals surface area contributed by atoms with Gasteiger partial charge < -0.3 is 20.5 Å². The van der Waals surface area contributed by atoms with Gasteiger partial charge in [0, 0.05) is 13.2 Å². The van der Waals surface area contributed by atoms with Crippen molar-refractivity contribution in [3.05, 3.63) is 0 Å². The fourth-order valence-corrected chi connectivity index (χ4v) is 1.25. The average Bonchev–Trinajstić information content (AvgIpc) is 2.15. The number of amides is 2. The summed E-state index contributed by atoms with van der Waals surface area (Å²) < 4.78 is 4.86. The summed E-state index contributed by atoms with van der Waals surface area (Å²) in [6.45, 7) is 4.05. The molecule has 2 atom stereocenters. The average molecular weight is 232 g/mol. The number of hydrogen-bond donors (Lipinski definition) is 3. The lowest BCUT2D eigenvalue weighted by molar-refractivity contribution is -0.137. The SMILES string of the molecule is CCC(CC(=O)O)NC(=O)NC(C)COC. The Morgan fingerprint density at radius 2 is 2.00 bits per heavy atom. The first-order valence-corrected chi connectivity index (χ1v) is 5.27. The van der Waals surface area contributed by atoms with Crippen molar-refractivity contribution in [2.24, 2.45) is 0 Å². The van der Waals surface area contributed by atoms with Crippen LogP contribution in [-0.4, -0.2) is 42.9 Å². The molecule has 0 aliphatic heterocycles. The summed E-state index contributed by atoms with van der Waals surface area (Å²) in [5.74, 6) is -0.919. The fraction of sp³-hybridized carbons (Fsp3) is 0.800. The molecule has 6 heteroatoms. The van der Waals surface area contributed by atoms with Crippen LogP contribution in [0.5, 0.6) is 0 Å². The molecule has 0 fully saturated rings. The van der Waals surface area contributed by atoms with Gasteiger partial charge in [-0.1, -0.05) is 6.92 Å². The highest BCUT2D eigenvalue weighted by atomic mass is 16.5. The predicted octanol–water partition coefficient (Wildman–Crippen LogP) is 0.574. The van der Waals surface area contributed by atoms with Crippen molar-refractivity contribution in [1.29, 1.82) is 0 Å². The maximum absolute atomic E-state index is 11.4. The van der Waals surface area contributed by atoms with Crippen LogP contribution in [0.2, 0.25) is 0 Å². The van der Waals surface area contributed by atoms with Crippen molar-refractivity contribution in [1.82, 2.24) is 10.6 Å². The topological polar surface area (TPSA) is 87.7 Å². The van der Waals surface area contributed by atoms with Gasteiger partial charge in [-0.05, 0) is 13.3 Å². The Morgan fingerprint density at radius 3 is 2.44 bits per heavy atom. The quantitative estimate of drug-likeness (QED) is 0.599. The molecule has 0 heterocycles. The third-order valence-electron chi connectivity index (χ3n) is 2.04. The Hall–Kier alpha value is -1.30. The van der Waals surface area contributed by atoms with Crippen LogP contribution >= 0.6 is 0 Å². The number of ether oxygens (including phenoxy) is 1. The number of methoxy groups -OCH3 is 1. The number of carbonyl (C=O) groups excluding carboxylic acids is 1. The van der Waals surface area contributed by atoms with Crippen LogP contribution in [0.4, 0.5) is 4.79 Å². The number of rotatable bonds is 7. The highest BCUT2D eigenvalue weighted by molar-refractivity contribution is 5.75. The normalized spacial score (nSPS) is 13.9. The number of carboxylic acids is 1. The second kappa shape index (κ2) is 7.92. The van der Waals surface area contributed by atoms with E-state index in [0.717, 1.165) is 0 Å². The molecule has 0 aromatic rings. The van der Waals surface area contributed by atoms with E-state index in [9.17, 15) is 9.59 Å². The maximum Gasteiger partial charge on any atom is 0.315 e. The zero-order chi connectivity index (χ0) is 12.6. The summed E-state index contributed by atoms with van der Waals surface area (Å²) in [4.78, 5) is 21.9. The Bertz CT molecular complexity index is 233. The Kier molecular flexibility index (Phi) is 7.28. The van der Waals surface area contributed by atoms with E-state index >= 15 is 0 Å². The van der Waals surface area contributed by atoms with Gasteiger partial charge in [0.2, 0.25) is 0 Å². The van der Waals surface area contributed by atoms with Crippen LogP contribution < -0.4 is 10.6 Å². The van der Waals surface area contributed by atoms with E-state index in [-0.39, 0.29) is 24.5 Å². The Labute approximate surface area is 95.4 Å². The number of nitrogens with one attached hydrogen (secondary N) is 2. The summed E-state index contributed by atoms with van der Waals surface area (Å²) in [5, 5.41) is 13.9. The first-order chi connectivity index (χ1) is 7.49. The first-order valence-electron chi connectivity index (χ1n) is 5.27. The van der Waals surface area contributed by atoms with Crippen molar-refractivity contribution >= 4 is 12.0 Å². The van der Waals surface area contributed by atoms with E-state index in [2.05, 4.69) is 10.6 Å². The van der Waals surface area contributed by atoms with E-state index in [1.54, 1.807) is 14.0 Å². The number of carbonyl (C=O) groups is 2. The standard InChI is InChI=1S/C10H20N2O4/c1-4-8(5-9(13)14)12-10(15)11-7(2)6-16-3/h7-8H,4-6H2,1-3H3,(H,13,14)(H2,11,12,15). The molecule has 0 rings (SSSR count). The van der Waals surface area contributed by atoms with Crippen LogP contribution in [0.3, 0.4) is 0 Å². The Balaban J connectivity index is 3.95. The lowest BCUT2D eigenvalue weighted by Crippen LogP contribution is -2.47. The second-order valence-corrected chi connectivity index (χ2v) is 3.68. The van der Waals surface area contributed by atoms with Gasteiger partial charge in [0.1, 0.15) is 0 Å². The number of urea groups is 1. The molecule has 0 aromatic carbocycles. The van der Waals surface area contributed by atoms with Crippen molar-refractivity contribution in [2.75, 3.05) is 13.7 Å². The summed E-state index contributed by atoms with van der Waals surface area (Å²) in [5.41, 5.74) is 0. The number of carboxylic acid groups (broad SMARTS) is 1. The summed E-state index contributed by atoms with van der Waals surface area (Å²) in [7, 11) is 1.55. The molecule has 0 saturated carbocycles. The zero-order valence-electron chi connectivity index (χ0n) is 9.95. The highest BCUT2D eigenvalue weighted by Gasteiger charge is 2.14. The molecule has 0 saturated heterocycles. The van der Waals surface area contributed by atoms with Crippen molar-refractivity contribution in [3.8, 4) is 0 Å². The van der Waals surface area contributed by atoms with Crippen molar-refractivity contribution in [2.45, 2.75) is 38.8 Å². The van der Waals surface area contributed by atoms with Gasteiger partial charge in [0.15, 0.2) is 0 Å². The van der Waals surface area contributed by atoms with Crippen LogP contribution in [0, 0.1) is 0 Å². The molecular formula is C10H20N2O4. The third kappa shape index (κ3) is 7.05. The zero-order valence-corrected chi connectivity index (χ0v) is 9.95. The summed E-state index contributed by atoms with van der Waals surface area (Å²) >= 11 is 0. The van der Waals surface area contributed by atoms with Gasteiger partial charge in [0.05, 0.1) is 19.1 Å². The molecule has 0 bridgehead atoms.